The lowest BCUT2D eigenvalue weighted by molar-refractivity contribution is -0.146. The smallest absolute Gasteiger partial charge is 0.321 e. The van der Waals surface area contributed by atoms with Crippen LogP contribution in [0.25, 0.3) is 0 Å². The number of nitrogens with one attached hydrogen (secondary N) is 1. The van der Waals surface area contributed by atoms with Gasteiger partial charge in [-0.05, 0) is 42.4 Å². The Hall–Kier alpha value is -2.04. The number of aliphatic carboxylic acids is 1. The predicted molar refractivity (Wildman–Crippen MR) is 95.6 cm³/mol. The Balaban J connectivity index is 2.16. The molecule has 1 aliphatic heterocycles. The van der Waals surface area contributed by atoms with Crippen molar-refractivity contribution in [3.8, 4) is 0 Å². The van der Waals surface area contributed by atoms with E-state index >= 15 is 0 Å². The number of amides is 2. The van der Waals surface area contributed by atoms with Gasteiger partial charge in [0.1, 0.15) is 0 Å². The molecule has 1 atom stereocenters. The van der Waals surface area contributed by atoms with E-state index in [1.807, 2.05) is 12.1 Å². The summed E-state index contributed by atoms with van der Waals surface area (Å²) in [5.41, 5.74) is 2.31. The van der Waals surface area contributed by atoms with Crippen LogP contribution in [0.1, 0.15) is 64.0 Å². The fraction of sp³-hybridized carbons (Fsp3) is 0.579. The number of carbonyl (C=O) groups excluding carboxylic acids is 1. The third kappa shape index (κ3) is 3.71. The van der Waals surface area contributed by atoms with Crippen LogP contribution in [-0.4, -0.2) is 35.1 Å². The van der Waals surface area contributed by atoms with Crippen molar-refractivity contribution in [1.29, 1.82) is 0 Å². The molecule has 5 nitrogen and oxygen atoms in total. The molecule has 0 spiro atoms. The van der Waals surface area contributed by atoms with E-state index in [0.717, 1.165) is 11.3 Å². The number of rotatable bonds is 4. The molecule has 0 radical (unpaired) electrons. The van der Waals surface area contributed by atoms with Gasteiger partial charge in [0.2, 0.25) is 0 Å². The van der Waals surface area contributed by atoms with Crippen molar-refractivity contribution in [2.24, 2.45) is 5.41 Å². The van der Waals surface area contributed by atoms with Gasteiger partial charge in [-0.3, -0.25) is 4.79 Å². The zero-order chi connectivity index (χ0) is 18.1. The minimum absolute atomic E-state index is 0.223. The molecule has 2 amide bonds. The molecule has 2 N–H and O–H groups in total. The highest BCUT2D eigenvalue weighted by Gasteiger charge is 2.42. The van der Waals surface area contributed by atoms with Crippen molar-refractivity contribution in [2.75, 3.05) is 18.4 Å². The first-order valence-corrected chi connectivity index (χ1v) is 8.57. The zero-order valence-electron chi connectivity index (χ0n) is 15.2. The predicted octanol–water partition coefficient (Wildman–Crippen LogP) is 4.26. The number of urea groups is 1. The maximum atomic E-state index is 12.5. The molecule has 0 aromatic heterocycles. The molecule has 5 heteroatoms. The number of nitrogens with zero attached hydrogens (tertiary/aromatic N) is 1. The lowest BCUT2D eigenvalue weighted by atomic mass is 9.90. The van der Waals surface area contributed by atoms with Crippen LogP contribution in [0, 0.1) is 5.41 Å². The second kappa shape index (κ2) is 6.83. The van der Waals surface area contributed by atoms with Crippen LogP contribution in [0.2, 0.25) is 0 Å². The molecule has 0 bridgehead atoms. The summed E-state index contributed by atoms with van der Waals surface area (Å²) >= 11 is 0. The summed E-state index contributed by atoms with van der Waals surface area (Å²) in [7, 11) is 0. The molecule has 1 aromatic rings. The van der Waals surface area contributed by atoms with Crippen LogP contribution >= 0.6 is 0 Å². The van der Waals surface area contributed by atoms with Gasteiger partial charge in [-0.25, -0.2) is 4.79 Å². The van der Waals surface area contributed by atoms with Crippen molar-refractivity contribution in [3.63, 3.8) is 0 Å². The quantitative estimate of drug-likeness (QED) is 0.865. The lowest BCUT2D eigenvalue weighted by Crippen LogP contribution is -2.37. The summed E-state index contributed by atoms with van der Waals surface area (Å²) in [6, 6.07) is 5.92. The van der Waals surface area contributed by atoms with Crippen LogP contribution in [0.3, 0.4) is 0 Å². The largest absolute Gasteiger partial charge is 0.481 e. The molecule has 1 heterocycles. The molecule has 1 unspecified atom stereocenters. The van der Waals surface area contributed by atoms with Gasteiger partial charge in [0.25, 0.3) is 0 Å². The van der Waals surface area contributed by atoms with Gasteiger partial charge >= 0.3 is 12.0 Å². The summed E-state index contributed by atoms with van der Waals surface area (Å²) in [5.74, 6) is -0.120. The number of carboxylic acid groups (broad SMARTS) is 1. The van der Waals surface area contributed by atoms with E-state index < -0.39 is 11.4 Å². The second-order valence-corrected chi connectivity index (χ2v) is 7.62. The molecule has 0 saturated carbocycles. The summed E-state index contributed by atoms with van der Waals surface area (Å²) < 4.78 is 0. The second-order valence-electron chi connectivity index (χ2n) is 7.62. The average molecular weight is 332 g/mol. The van der Waals surface area contributed by atoms with E-state index in [0.29, 0.717) is 24.8 Å². The molecule has 1 aliphatic rings. The topological polar surface area (TPSA) is 69.6 Å². The van der Waals surface area contributed by atoms with Gasteiger partial charge in [0, 0.05) is 18.8 Å². The van der Waals surface area contributed by atoms with Crippen molar-refractivity contribution in [1.82, 2.24) is 4.90 Å². The van der Waals surface area contributed by atoms with Crippen LogP contribution in [-0.2, 0) is 4.79 Å². The maximum absolute atomic E-state index is 12.5. The summed E-state index contributed by atoms with van der Waals surface area (Å²) in [4.78, 5) is 25.5. The average Bonchev–Trinajstić information content (AvgIpc) is 2.91. The maximum Gasteiger partial charge on any atom is 0.321 e. The van der Waals surface area contributed by atoms with Crippen molar-refractivity contribution < 1.29 is 14.7 Å². The Kier molecular flexibility index (Phi) is 5.21. The molecule has 132 valence electrons. The fourth-order valence-corrected chi connectivity index (χ4v) is 3.04. The standard InChI is InChI=1S/C19H28N2O3/c1-12(2)14-6-7-16(15(10-14)13(3)4)20-18(24)21-9-8-19(5,11-21)17(22)23/h6-7,10,12-13H,8-9,11H2,1-5H3,(H,20,24)(H,22,23). The SMILES string of the molecule is CC(C)c1ccc(NC(=O)N2CCC(C)(C(=O)O)C2)c(C(C)C)c1. The van der Waals surface area contributed by atoms with E-state index in [1.165, 1.54) is 5.56 Å². The number of carbonyl (C=O) groups is 2. The first-order valence-electron chi connectivity index (χ1n) is 8.57. The number of carboxylic acids is 1. The Morgan fingerprint density at radius 3 is 2.38 bits per heavy atom. The molecule has 24 heavy (non-hydrogen) atoms. The van der Waals surface area contributed by atoms with Crippen molar-refractivity contribution >= 4 is 17.7 Å². The molecule has 1 aromatic carbocycles. The van der Waals surface area contributed by atoms with Gasteiger partial charge in [-0.2, -0.15) is 0 Å². The highest BCUT2D eigenvalue weighted by molar-refractivity contribution is 5.91. The van der Waals surface area contributed by atoms with Gasteiger partial charge in [0.15, 0.2) is 0 Å². The van der Waals surface area contributed by atoms with Crippen molar-refractivity contribution in [3.05, 3.63) is 29.3 Å². The zero-order valence-corrected chi connectivity index (χ0v) is 15.2. The van der Waals surface area contributed by atoms with Gasteiger partial charge < -0.3 is 15.3 Å². The Labute approximate surface area is 144 Å². The number of likely N-dealkylation sites (tertiary alicyclic amines) is 1. The third-order valence-electron chi connectivity index (χ3n) is 4.88. The molecular weight excluding hydrogens is 304 g/mol. The lowest BCUT2D eigenvalue weighted by Gasteiger charge is -2.22. The monoisotopic (exact) mass is 332 g/mol. The minimum atomic E-state index is -0.848. The minimum Gasteiger partial charge on any atom is -0.481 e. The van der Waals surface area contributed by atoms with E-state index in [-0.39, 0.29) is 12.6 Å². The number of hydrogen-bond donors (Lipinski definition) is 2. The molecular formula is C19H28N2O3. The fourth-order valence-electron chi connectivity index (χ4n) is 3.04. The van der Waals surface area contributed by atoms with Crippen molar-refractivity contribution in [2.45, 2.75) is 52.9 Å². The van der Waals surface area contributed by atoms with Crippen LogP contribution in [0.5, 0.6) is 0 Å². The molecule has 2 rings (SSSR count). The van der Waals surface area contributed by atoms with Crippen LogP contribution in [0.4, 0.5) is 10.5 Å². The van der Waals surface area contributed by atoms with Crippen LogP contribution < -0.4 is 5.32 Å². The summed E-state index contributed by atoms with van der Waals surface area (Å²) in [5, 5.41) is 12.3. The van der Waals surface area contributed by atoms with E-state index in [4.69, 9.17) is 0 Å². The molecule has 0 aliphatic carbocycles. The molecule has 1 saturated heterocycles. The molecule has 1 fully saturated rings. The third-order valence-corrected chi connectivity index (χ3v) is 4.88. The Morgan fingerprint density at radius 2 is 1.88 bits per heavy atom. The van der Waals surface area contributed by atoms with E-state index in [9.17, 15) is 14.7 Å². The highest BCUT2D eigenvalue weighted by atomic mass is 16.4. The normalized spacial score (nSPS) is 20.7. The summed E-state index contributed by atoms with van der Waals surface area (Å²) in [6.45, 7) is 10.9. The number of benzene rings is 1. The highest BCUT2D eigenvalue weighted by Crippen LogP contribution is 2.32. The Bertz CT molecular complexity index is 639. The van der Waals surface area contributed by atoms with Gasteiger partial charge in [-0.1, -0.05) is 39.8 Å². The number of anilines is 1. The first kappa shape index (κ1) is 18.3. The summed E-state index contributed by atoms with van der Waals surface area (Å²) in [6.07, 6.45) is 0.485. The van der Waals surface area contributed by atoms with Gasteiger partial charge in [-0.15, -0.1) is 0 Å². The van der Waals surface area contributed by atoms with E-state index in [2.05, 4.69) is 39.1 Å². The first-order chi connectivity index (χ1) is 11.1. The van der Waals surface area contributed by atoms with E-state index in [1.54, 1.807) is 11.8 Å². The number of hydrogen-bond acceptors (Lipinski definition) is 2. The Morgan fingerprint density at radius 1 is 1.21 bits per heavy atom. The van der Waals surface area contributed by atoms with Gasteiger partial charge in [0.05, 0.1) is 5.41 Å². The van der Waals surface area contributed by atoms with Crippen LogP contribution in [0.15, 0.2) is 18.2 Å².